The van der Waals surface area contributed by atoms with Gasteiger partial charge in [-0.2, -0.15) is 0 Å². The Bertz CT molecular complexity index is 758. The molecule has 0 amide bonds. The summed E-state index contributed by atoms with van der Waals surface area (Å²) in [4.78, 5) is 2.51. The van der Waals surface area contributed by atoms with E-state index in [9.17, 15) is 4.39 Å². The van der Waals surface area contributed by atoms with Crippen molar-refractivity contribution in [3.8, 4) is 0 Å². The third-order valence-electron chi connectivity index (χ3n) is 3.35. The van der Waals surface area contributed by atoms with Gasteiger partial charge >= 0.3 is 0 Å². The van der Waals surface area contributed by atoms with E-state index in [0.717, 1.165) is 16.6 Å². The number of hydrogen-bond donors (Lipinski definition) is 1. The van der Waals surface area contributed by atoms with Crippen molar-refractivity contribution in [2.24, 2.45) is 0 Å². The van der Waals surface area contributed by atoms with Gasteiger partial charge in [-0.3, -0.25) is 0 Å². The summed E-state index contributed by atoms with van der Waals surface area (Å²) in [7, 11) is 0. The Hall–Kier alpha value is -0.750. The zero-order chi connectivity index (χ0) is 15.0. The molecule has 3 rings (SSSR count). The van der Waals surface area contributed by atoms with Gasteiger partial charge in [0.1, 0.15) is 5.82 Å². The Morgan fingerprint density at radius 2 is 1.95 bits per heavy atom. The van der Waals surface area contributed by atoms with Crippen molar-refractivity contribution in [2.45, 2.75) is 19.9 Å². The normalized spacial score (nSPS) is 13.0. The summed E-state index contributed by atoms with van der Waals surface area (Å²) in [5.41, 5.74) is 1.25. The molecular weight excluding hydrogens is 369 g/mol. The Labute approximate surface area is 139 Å². The first-order chi connectivity index (χ1) is 10.1. The summed E-state index contributed by atoms with van der Waals surface area (Å²) in [6, 6.07) is 9.53. The fourth-order valence-electron chi connectivity index (χ4n) is 2.34. The third-order valence-corrected chi connectivity index (χ3v) is 6.72. The fraction of sp³-hybridized carbons (Fsp3) is 0.250. The maximum atomic E-state index is 13.4. The van der Waals surface area contributed by atoms with Gasteiger partial charge in [0, 0.05) is 14.5 Å². The average Bonchev–Trinajstić information content (AvgIpc) is 2.99. The molecule has 2 heterocycles. The Morgan fingerprint density at radius 1 is 1.19 bits per heavy atom. The Balaban J connectivity index is 2.06. The monoisotopic (exact) mass is 383 g/mol. The van der Waals surface area contributed by atoms with Gasteiger partial charge in [0.05, 0.1) is 9.83 Å². The van der Waals surface area contributed by atoms with Gasteiger partial charge in [0.2, 0.25) is 0 Å². The lowest BCUT2D eigenvalue weighted by Crippen LogP contribution is -2.20. The van der Waals surface area contributed by atoms with Crippen LogP contribution >= 0.6 is 38.6 Å². The van der Waals surface area contributed by atoms with Gasteiger partial charge in [-0.15, -0.1) is 22.7 Å². The van der Waals surface area contributed by atoms with Gasteiger partial charge in [-0.1, -0.05) is 13.0 Å². The van der Waals surface area contributed by atoms with E-state index >= 15 is 0 Å². The molecule has 1 nitrogen and oxygen atoms in total. The summed E-state index contributed by atoms with van der Waals surface area (Å²) in [6.07, 6.45) is 0. The van der Waals surface area contributed by atoms with Crippen LogP contribution in [-0.4, -0.2) is 6.54 Å². The molecule has 1 N–H and O–H groups in total. The smallest absolute Gasteiger partial charge is 0.124 e. The lowest BCUT2D eigenvalue weighted by Gasteiger charge is -2.14. The van der Waals surface area contributed by atoms with Crippen LogP contribution in [0.4, 0.5) is 4.39 Å². The first kappa shape index (κ1) is 15.2. The van der Waals surface area contributed by atoms with Gasteiger partial charge in [-0.25, -0.2) is 4.39 Å². The van der Waals surface area contributed by atoms with E-state index < -0.39 is 0 Å². The molecular formula is C16H15BrFNS2. The van der Waals surface area contributed by atoms with Crippen LogP contribution in [0.1, 0.15) is 28.3 Å². The van der Waals surface area contributed by atoms with Crippen LogP contribution in [0, 0.1) is 12.7 Å². The lowest BCUT2D eigenvalue weighted by molar-refractivity contribution is 0.630. The van der Waals surface area contributed by atoms with Crippen LogP contribution in [0.25, 0.3) is 10.1 Å². The van der Waals surface area contributed by atoms with Gasteiger partial charge in [0.25, 0.3) is 0 Å². The standard InChI is InChI=1S/C16H15BrFNS2/c1-3-19-15(13-6-9(2)16(17)21-13)14-7-10-4-5-11(18)8-12(10)20-14/h4-8,15,19H,3H2,1-2H3. The zero-order valence-electron chi connectivity index (χ0n) is 11.7. The summed E-state index contributed by atoms with van der Waals surface area (Å²) in [5.74, 6) is -0.175. The number of halogens is 2. The average molecular weight is 384 g/mol. The highest BCUT2D eigenvalue weighted by Crippen LogP contribution is 2.38. The quantitative estimate of drug-likeness (QED) is 0.593. The van der Waals surface area contributed by atoms with Crippen molar-refractivity contribution >= 4 is 48.7 Å². The minimum absolute atomic E-state index is 0.172. The first-order valence-corrected chi connectivity index (χ1v) is 9.19. The zero-order valence-corrected chi connectivity index (χ0v) is 15.0. The second kappa shape index (κ2) is 6.16. The van der Waals surface area contributed by atoms with E-state index in [1.54, 1.807) is 28.7 Å². The largest absolute Gasteiger partial charge is 0.305 e. The van der Waals surface area contributed by atoms with Gasteiger partial charge in [-0.05, 0) is 64.6 Å². The Morgan fingerprint density at radius 3 is 2.62 bits per heavy atom. The fourth-order valence-corrected chi connectivity index (χ4v) is 5.26. The van der Waals surface area contributed by atoms with Gasteiger partial charge in [0.15, 0.2) is 0 Å². The highest BCUT2D eigenvalue weighted by Gasteiger charge is 2.19. The van der Waals surface area contributed by atoms with E-state index in [1.165, 1.54) is 25.2 Å². The van der Waals surface area contributed by atoms with Crippen LogP contribution in [0.15, 0.2) is 34.1 Å². The molecule has 1 unspecified atom stereocenters. The van der Waals surface area contributed by atoms with Crippen molar-refractivity contribution < 1.29 is 4.39 Å². The topological polar surface area (TPSA) is 12.0 Å². The lowest BCUT2D eigenvalue weighted by atomic mass is 10.1. The highest BCUT2D eigenvalue weighted by molar-refractivity contribution is 9.11. The SMILES string of the molecule is CCNC(c1cc(C)c(Br)s1)c1cc2ccc(F)cc2s1. The molecule has 0 saturated heterocycles. The van der Waals surface area contributed by atoms with E-state index in [-0.39, 0.29) is 11.9 Å². The molecule has 0 saturated carbocycles. The summed E-state index contributed by atoms with van der Waals surface area (Å²) in [6.45, 7) is 5.10. The van der Waals surface area contributed by atoms with Gasteiger partial charge < -0.3 is 5.32 Å². The Kier molecular flexibility index (Phi) is 4.45. The molecule has 0 bridgehead atoms. The number of nitrogens with one attached hydrogen (secondary N) is 1. The molecule has 2 aromatic heterocycles. The van der Waals surface area contributed by atoms with Crippen LogP contribution in [0.5, 0.6) is 0 Å². The number of rotatable bonds is 4. The molecule has 0 spiro atoms. The summed E-state index contributed by atoms with van der Waals surface area (Å²) < 4.78 is 15.5. The van der Waals surface area contributed by atoms with Crippen LogP contribution in [-0.2, 0) is 0 Å². The number of thiophene rings is 2. The molecule has 0 radical (unpaired) electrons. The van der Waals surface area contributed by atoms with Crippen molar-refractivity contribution in [2.75, 3.05) is 6.54 Å². The van der Waals surface area contributed by atoms with Crippen molar-refractivity contribution in [1.29, 1.82) is 0 Å². The number of aryl methyl sites for hydroxylation is 1. The molecule has 0 aliphatic carbocycles. The molecule has 0 aliphatic heterocycles. The predicted molar refractivity (Wildman–Crippen MR) is 94.1 cm³/mol. The molecule has 0 aliphatic rings. The van der Waals surface area contributed by atoms with Crippen molar-refractivity contribution in [1.82, 2.24) is 5.32 Å². The van der Waals surface area contributed by atoms with Crippen LogP contribution in [0.2, 0.25) is 0 Å². The van der Waals surface area contributed by atoms with Crippen molar-refractivity contribution in [3.63, 3.8) is 0 Å². The van der Waals surface area contributed by atoms with Crippen LogP contribution < -0.4 is 5.32 Å². The maximum Gasteiger partial charge on any atom is 0.124 e. The maximum absolute atomic E-state index is 13.4. The molecule has 21 heavy (non-hydrogen) atoms. The van der Waals surface area contributed by atoms with E-state index in [2.05, 4.69) is 47.2 Å². The minimum atomic E-state index is -0.175. The third kappa shape index (κ3) is 3.06. The number of benzene rings is 1. The molecule has 0 fully saturated rings. The molecule has 1 aromatic carbocycles. The second-order valence-corrected chi connectivity index (χ2v) is 8.44. The molecule has 3 aromatic rings. The predicted octanol–water partition coefficient (Wildman–Crippen LogP) is 5.87. The van der Waals surface area contributed by atoms with E-state index in [0.29, 0.717) is 0 Å². The number of hydrogen-bond acceptors (Lipinski definition) is 3. The summed E-state index contributed by atoms with van der Waals surface area (Å²) >= 11 is 7.01. The number of fused-ring (bicyclic) bond motifs is 1. The van der Waals surface area contributed by atoms with E-state index in [1.807, 2.05) is 6.07 Å². The first-order valence-electron chi connectivity index (χ1n) is 6.76. The molecule has 5 heteroatoms. The minimum Gasteiger partial charge on any atom is -0.305 e. The van der Waals surface area contributed by atoms with Crippen LogP contribution in [0.3, 0.4) is 0 Å². The van der Waals surface area contributed by atoms with Crippen molar-refractivity contribution in [3.05, 3.63) is 55.3 Å². The molecule has 110 valence electrons. The second-order valence-electron chi connectivity index (χ2n) is 4.93. The molecule has 1 atom stereocenters. The summed E-state index contributed by atoms with van der Waals surface area (Å²) in [5, 5.41) is 4.64. The highest BCUT2D eigenvalue weighted by atomic mass is 79.9. The van der Waals surface area contributed by atoms with E-state index in [4.69, 9.17) is 0 Å².